The molecule has 1 unspecified atom stereocenters. The summed E-state index contributed by atoms with van der Waals surface area (Å²) < 4.78 is 4.66. The van der Waals surface area contributed by atoms with Gasteiger partial charge in [-0.25, -0.2) is 5.57 Å². The summed E-state index contributed by atoms with van der Waals surface area (Å²) in [4.78, 5) is 0. The molecule has 0 saturated carbocycles. The molecule has 0 aromatic heterocycles. The summed E-state index contributed by atoms with van der Waals surface area (Å²) in [6.07, 6.45) is 7.98. The van der Waals surface area contributed by atoms with Crippen LogP contribution in [0.3, 0.4) is 0 Å². The Hall–Kier alpha value is -2.44. The summed E-state index contributed by atoms with van der Waals surface area (Å²) >= 11 is 11.0. The van der Waals surface area contributed by atoms with Gasteiger partial charge in [-0.15, -0.1) is 11.1 Å². The van der Waals surface area contributed by atoms with E-state index in [9.17, 15) is 0 Å². The molecule has 0 saturated heterocycles. The van der Waals surface area contributed by atoms with Crippen molar-refractivity contribution in [1.29, 1.82) is 0 Å². The summed E-state index contributed by atoms with van der Waals surface area (Å²) in [6.45, 7) is 24.8. The third-order valence-electron chi connectivity index (χ3n) is 9.01. The van der Waals surface area contributed by atoms with Gasteiger partial charge in [0.15, 0.2) is 0 Å². The van der Waals surface area contributed by atoms with Crippen molar-refractivity contribution < 1.29 is 22.3 Å². The van der Waals surface area contributed by atoms with E-state index in [0.29, 0.717) is 11.3 Å². The molecule has 0 spiro atoms. The summed E-state index contributed by atoms with van der Waals surface area (Å²) in [6, 6.07) is 31.1. The Morgan fingerprint density at radius 1 is 0.700 bits per heavy atom. The number of fused-ring (bicyclic) bond motifs is 3. The second-order valence-electron chi connectivity index (χ2n) is 16.5. The molecule has 0 fully saturated rings. The third kappa shape index (κ3) is 11.3. The fraction of sp³-hybridized carbons (Fsp3) is 0.362. The Balaban J connectivity index is 0.000000175. The van der Waals surface area contributed by atoms with E-state index in [2.05, 4.69) is 156 Å². The monoisotopic (exact) mass is 778 g/mol. The molecule has 6 rings (SSSR count). The van der Waals surface area contributed by atoms with Gasteiger partial charge in [0.25, 0.3) is 0 Å². The van der Waals surface area contributed by atoms with Gasteiger partial charge >= 0.3 is 123 Å². The molecule has 50 heavy (non-hydrogen) atoms. The molecule has 0 aliphatic heterocycles. The topological polar surface area (TPSA) is 0 Å². The van der Waals surface area contributed by atoms with Crippen LogP contribution in [0.5, 0.6) is 0 Å². The van der Waals surface area contributed by atoms with Gasteiger partial charge in [-0.1, -0.05) is 118 Å². The van der Waals surface area contributed by atoms with E-state index in [1.54, 1.807) is 0 Å². The van der Waals surface area contributed by atoms with Gasteiger partial charge in [0.1, 0.15) is 0 Å². The Bertz CT molecular complexity index is 1780. The van der Waals surface area contributed by atoms with Gasteiger partial charge in [-0.3, -0.25) is 6.08 Å². The van der Waals surface area contributed by atoms with E-state index >= 15 is 0 Å². The third-order valence-corrected chi connectivity index (χ3v) is 12.0. The molecule has 262 valence electrons. The fourth-order valence-electron chi connectivity index (χ4n) is 6.12. The van der Waals surface area contributed by atoms with Crippen LogP contribution in [0.4, 0.5) is 0 Å². The first kappa shape index (κ1) is 40.3. The van der Waals surface area contributed by atoms with Gasteiger partial charge < -0.3 is 0 Å². The maximum atomic E-state index is 5.84. The van der Waals surface area contributed by atoms with Crippen molar-refractivity contribution in [3.05, 3.63) is 152 Å². The molecule has 4 aromatic rings. The van der Waals surface area contributed by atoms with Crippen LogP contribution in [-0.2, 0) is 39.5 Å². The number of rotatable bonds is 3. The zero-order valence-corrected chi connectivity index (χ0v) is 36.0. The van der Waals surface area contributed by atoms with E-state index in [0.717, 1.165) is 22.9 Å². The molecule has 1 atom stereocenters. The second kappa shape index (κ2) is 16.9. The van der Waals surface area contributed by atoms with Crippen LogP contribution < -0.4 is 0 Å². The molecule has 2 aliphatic carbocycles. The maximum absolute atomic E-state index is 5.84. The van der Waals surface area contributed by atoms with Crippen LogP contribution in [0.25, 0.3) is 11.1 Å². The van der Waals surface area contributed by atoms with Crippen molar-refractivity contribution >= 4 is 30.6 Å². The first-order valence-corrected chi connectivity index (χ1v) is 21.4. The van der Waals surface area contributed by atoms with Crippen molar-refractivity contribution in [3.63, 3.8) is 0 Å². The SMILES string of the molecule is CC(C)(C)c1[c-]c2c(cc1)-c1ccc(C(C)(C)C)cc1C2.CCC1=[C-]C(C)C=C1C(C)(C)C.Clc1ccc([CH]=[Zr]=[CH]c2ccc(Cl)cc2)cc1. The van der Waals surface area contributed by atoms with Crippen molar-refractivity contribution in [3.8, 4) is 11.1 Å². The van der Waals surface area contributed by atoms with E-state index in [4.69, 9.17) is 23.2 Å². The van der Waals surface area contributed by atoms with Crippen molar-refractivity contribution in [2.75, 3.05) is 0 Å². The average Bonchev–Trinajstić information content (AvgIpc) is 3.62. The summed E-state index contributed by atoms with van der Waals surface area (Å²) in [5, 5.41) is 1.57. The Kier molecular flexibility index (Phi) is 13.7. The van der Waals surface area contributed by atoms with Crippen LogP contribution in [0, 0.1) is 23.5 Å². The van der Waals surface area contributed by atoms with E-state index in [-0.39, 0.29) is 10.8 Å². The number of halogens is 2. The van der Waals surface area contributed by atoms with Crippen LogP contribution in [-0.4, -0.2) is 7.42 Å². The van der Waals surface area contributed by atoms with Crippen molar-refractivity contribution in [2.24, 2.45) is 11.3 Å². The standard InChI is InChI=1S/C21H25.C12H19.2C7H5Cl.Zr/c1-20(2,3)16-7-9-18-14(12-16)11-15-13-17(21(4,5)6)8-10-19(15)18;1-6-10-7-9(2)8-11(10)12(3,4)5;2*1-6-2-4-7(8)5-3-6;/h7-10,12H,11H2,1-6H3;8-9H,6H2,1-5H3;2*1-5H;/q2*-1;;;. The van der Waals surface area contributed by atoms with Crippen LogP contribution >= 0.6 is 23.2 Å². The second-order valence-corrected chi connectivity index (χ2v) is 19.6. The van der Waals surface area contributed by atoms with E-state index < -0.39 is 22.3 Å². The Morgan fingerprint density at radius 2 is 1.24 bits per heavy atom. The summed E-state index contributed by atoms with van der Waals surface area (Å²) in [5.41, 5.74) is 14.4. The summed E-state index contributed by atoms with van der Waals surface area (Å²) in [7, 11) is 0. The van der Waals surface area contributed by atoms with Gasteiger partial charge in [-0.2, -0.15) is 35.4 Å². The molecule has 3 heteroatoms. The van der Waals surface area contributed by atoms with Gasteiger partial charge in [0, 0.05) is 0 Å². The molecular weight excluding hydrogens is 727 g/mol. The zero-order valence-electron chi connectivity index (χ0n) is 32.0. The molecular formula is C47H54Cl2Zr-2. The quantitative estimate of drug-likeness (QED) is 0.160. The molecule has 2 aliphatic rings. The van der Waals surface area contributed by atoms with Crippen LogP contribution in [0.15, 0.2) is 96.1 Å². The van der Waals surface area contributed by atoms with Gasteiger partial charge in [-0.05, 0) is 28.4 Å². The summed E-state index contributed by atoms with van der Waals surface area (Å²) in [5.74, 6) is 0.522. The molecule has 0 radical (unpaired) electrons. The van der Waals surface area contributed by atoms with Crippen LogP contribution in [0.2, 0.25) is 10.0 Å². The van der Waals surface area contributed by atoms with E-state index in [1.165, 1.54) is 55.7 Å². The number of allylic oxidation sites excluding steroid dienone is 4. The molecule has 4 aromatic carbocycles. The van der Waals surface area contributed by atoms with Gasteiger partial charge in [0.05, 0.1) is 0 Å². The number of hydrogen-bond acceptors (Lipinski definition) is 0. The fourth-order valence-corrected chi connectivity index (χ4v) is 8.47. The molecule has 0 heterocycles. The first-order valence-electron chi connectivity index (χ1n) is 17.8. The van der Waals surface area contributed by atoms with Gasteiger partial charge in [0.2, 0.25) is 0 Å². The molecule has 0 N–H and O–H groups in total. The Labute approximate surface area is 324 Å². The zero-order chi connectivity index (χ0) is 36.9. The first-order chi connectivity index (χ1) is 23.3. The van der Waals surface area contributed by atoms with Crippen molar-refractivity contribution in [2.45, 2.75) is 99.8 Å². The van der Waals surface area contributed by atoms with E-state index in [1.807, 2.05) is 24.3 Å². The molecule has 0 bridgehead atoms. The number of benzene rings is 4. The van der Waals surface area contributed by atoms with Crippen molar-refractivity contribution in [1.82, 2.24) is 0 Å². The average molecular weight is 781 g/mol. The Morgan fingerprint density at radius 3 is 1.70 bits per heavy atom. The minimum atomic E-state index is -0.623. The normalized spacial score (nSPS) is 14.9. The minimum absolute atomic E-state index is 0.167. The molecule has 0 amide bonds. The molecule has 0 nitrogen and oxygen atoms in total. The van der Waals surface area contributed by atoms with Crippen LogP contribution in [0.1, 0.15) is 116 Å². The number of hydrogen-bond donors (Lipinski definition) is 0. The predicted molar refractivity (Wildman–Crippen MR) is 218 cm³/mol. The predicted octanol–water partition coefficient (Wildman–Crippen LogP) is 13.5.